The van der Waals surface area contributed by atoms with Crippen molar-refractivity contribution in [3.05, 3.63) is 71.2 Å². The Bertz CT molecular complexity index is 939. The minimum Gasteiger partial charge on any atom is -0.326 e. The van der Waals surface area contributed by atoms with E-state index in [1.54, 1.807) is 17.5 Å². The van der Waals surface area contributed by atoms with Crippen LogP contribution in [0.25, 0.3) is 0 Å². The molecule has 3 N–H and O–H groups in total. The van der Waals surface area contributed by atoms with E-state index in [-0.39, 0.29) is 18.4 Å². The predicted octanol–water partition coefficient (Wildman–Crippen LogP) is 5.31. The molecule has 0 bridgehead atoms. The molecule has 150 valence electrons. The van der Waals surface area contributed by atoms with Crippen LogP contribution in [0, 0.1) is 0 Å². The van der Waals surface area contributed by atoms with Crippen LogP contribution in [-0.4, -0.2) is 16.9 Å². The van der Waals surface area contributed by atoms with Crippen molar-refractivity contribution in [1.82, 2.24) is 4.98 Å². The number of nitrogens with one attached hydrogen (secondary N) is 3. The number of amides is 3. The first-order chi connectivity index (χ1) is 14.1. The van der Waals surface area contributed by atoms with Crippen molar-refractivity contribution >= 4 is 39.8 Å². The number of aromatic nitrogens is 1. The van der Waals surface area contributed by atoms with Crippen LogP contribution >= 0.6 is 11.3 Å². The summed E-state index contributed by atoms with van der Waals surface area (Å²) in [7, 11) is 0. The number of benzene rings is 2. The molecule has 2 aromatic carbocycles. The van der Waals surface area contributed by atoms with E-state index in [9.17, 15) is 9.59 Å². The summed E-state index contributed by atoms with van der Waals surface area (Å²) >= 11 is 1.28. The van der Waals surface area contributed by atoms with Crippen LogP contribution in [0.5, 0.6) is 0 Å². The number of rotatable bonds is 8. The van der Waals surface area contributed by atoms with E-state index in [2.05, 4.69) is 27.9 Å². The van der Waals surface area contributed by atoms with E-state index in [4.69, 9.17) is 0 Å². The monoisotopic (exact) mass is 408 g/mol. The second kappa shape index (κ2) is 10.4. The molecule has 0 atom stereocenters. The SMILES string of the molecule is CCCCc1ccc(NC(=O)Cc2csc(NC(=O)Nc3ccccc3)n2)cc1. The number of urea groups is 1. The zero-order valence-electron chi connectivity index (χ0n) is 16.3. The fraction of sp³-hybridized carbons (Fsp3) is 0.227. The molecule has 0 saturated carbocycles. The third kappa shape index (κ3) is 6.73. The van der Waals surface area contributed by atoms with E-state index in [0.717, 1.165) is 24.9 Å². The highest BCUT2D eigenvalue weighted by Crippen LogP contribution is 2.17. The lowest BCUT2D eigenvalue weighted by atomic mass is 10.1. The highest BCUT2D eigenvalue weighted by molar-refractivity contribution is 7.14. The number of carbonyl (C=O) groups is 2. The third-order valence-corrected chi connectivity index (χ3v) is 5.01. The molecule has 0 fully saturated rings. The van der Waals surface area contributed by atoms with Crippen LogP contribution in [-0.2, 0) is 17.6 Å². The van der Waals surface area contributed by atoms with Crippen LogP contribution < -0.4 is 16.0 Å². The second-order valence-electron chi connectivity index (χ2n) is 6.61. The average Bonchev–Trinajstić information content (AvgIpc) is 3.14. The van der Waals surface area contributed by atoms with Gasteiger partial charge in [-0.2, -0.15) is 0 Å². The Morgan fingerprint density at radius 3 is 2.38 bits per heavy atom. The van der Waals surface area contributed by atoms with Gasteiger partial charge in [0.2, 0.25) is 5.91 Å². The number of aryl methyl sites for hydroxylation is 1. The first kappa shape index (κ1) is 20.5. The number of unbranched alkanes of at least 4 members (excludes halogenated alkanes) is 1. The van der Waals surface area contributed by atoms with E-state index in [0.29, 0.717) is 16.5 Å². The highest BCUT2D eigenvalue weighted by Gasteiger charge is 2.10. The van der Waals surface area contributed by atoms with Gasteiger partial charge in [0.15, 0.2) is 5.13 Å². The third-order valence-electron chi connectivity index (χ3n) is 4.20. The quantitative estimate of drug-likeness (QED) is 0.472. The molecular formula is C22H24N4O2S. The number of thiazole rings is 1. The molecule has 3 aromatic rings. The lowest BCUT2D eigenvalue weighted by Gasteiger charge is -2.06. The van der Waals surface area contributed by atoms with E-state index < -0.39 is 0 Å². The number of nitrogens with zero attached hydrogens (tertiary/aromatic N) is 1. The largest absolute Gasteiger partial charge is 0.326 e. The van der Waals surface area contributed by atoms with Crippen LogP contribution in [0.4, 0.5) is 21.3 Å². The van der Waals surface area contributed by atoms with Crippen molar-refractivity contribution in [2.45, 2.75) is 32.6 Å². The van der Waals surface area contributed by atoms with Gasteiger partial charge in [0.1, 0.15) is 0 Å². The molecule has 0 unspecified atom stereocenters. The molecule has 1 aromatic heterocycles. The number of para-hydroxylation sites is 1. The summed E-state index contributed by atoms with van der Waals surface area (Å²) in [5, 5.41) is 10.5. The molecule has 0 aliphatic carbocycles. The molecule has 0 radical (unpaired) electrons. The molecular weight excluding hydrogens is 384 g/mol. The van der Waals surface area contributed by atoms with Gasteiger partial charge in [-0.15, -0.1) is 11.3 Å². The summed E-state index contributed by atoms with van der Waals surface area (Å²) in [5.41, 5.74) is 3.35. The fourth-order valence-electron chi connectivity index (χ4n) is 2.73. The molecule has 0 saturated heterocycles. The van der Waals surface area contributed by atoms with Gasteiger partial charge < -0.3 is 10.6 Å². The van der Waals surface area contributed by atoms with Crippen LogP contribution in [0.1, 0.15) is 31.0 Å². The summed E-state index contributed by atoms with van der Waals surface area (Å²) in [6.45, 7) is 2.17. The molecule has 0 spiro atoms. The Morgan fingerprint density at radius 1 is 0.931 bits per heavy atom. The normalized spacial score (nSPS) is 10.4. The van der Waals surface area contributed by atoms with Gasteiger partial charge in [-0.1, -0.05) is 43.7 Å². The fourth-order valence-corrected chi connectivity index (χ4v) is 3.44. The Kier molecular flexibility index (Phi) is 7.35. The Labute approximate surface area is 174 Å². The number of hydrogen-bond donors (Lipinski definition) is 3. The molecule has 7 heteroatoms. The van der Waals surface area contributed by atoms with Crippen LogP contribution in [0.15, 0.2) is 60.0 Å². The summed E-state index contributed by atoms with van der Waals surface area (Å²) < 4.78 is 0. The summed E-state index contributed by atoms with van der Waals surface area (Å²) in [6.07, 6.45) is 3.53. The minimum absolute atomic E-state index is 0.142. The van der Waals surface area contributed by atoms with Crippen LogP contribution in [0.2, 0.25) is 0 Å². The summed E-state index contributed by atoms with van der Waals surface area (Å²) in [5.74, 6) is -0.142. The van der Waals surface area contributed by atoms with Gasteiger partial charge in [0.05, 0.1) is 12.1 Å². The lowest BCUT2D eigenvalue weighted by molar-refractivity contribution is -0.115. The number of anilines is 3. The van der Waals surface area contributed by atoms with Crippen molar-refractivity contribution in [2.75, 3.05) is 16.0 Å². The van der Waals surface area contributed by atoms with Gasteiger partial charge in [-0.05, 0) is 42.7 Å². The van der Waals surface area contributed by atoms with Gasteiger partial charge in [0.25, 0.3) is 0 Å². The zero-order chi connectivity index (χ0) is 20.5. The summed E-state index contributed by atoms with van der Waals surface area (Å²) in [4.78, 5) is 28.6. The zero-order valence-corrected chi connectivity index (χ0v) is 17.1. The first-order valence-corrected chi connectivity index (χ1v) is 10.5. The maximum atomic E-state index is 12.3. The Hall–Kier alpha value is -3.19. The maximum absolute atomic E-state index is 12.3. The summed E-state index contributed by atoms with van der Waals surface area (Å²) in [6, 6.07) is 16.7. The molecule has 3 amide bonds. The topological polar surface area (TPSA) is 83.1 Å². The molecule has 0 aliphatic heterocycles. The maximum Gasteiger partial charge on any atom is 0.325 e. The standard InChI is InChI=1S/C22H24N4O2S/c1-2-3-7-16-10-12-18(13-11-16)23-20(27)14-19-15-29-22(25-19)26-21(28)24-17-8-5-4-6-9-17/h4-6,8-13,15H,2-3,7,14H2,1H3,(H,23,27)(H2,24,25,26,28). The first-order valence-electron chi connectivity index (χ1n) is 9.58. The van der Waals surface area contributed by atoms with Crippen molar-refractivity contribution in [2.24, 2.45) is 0 Å². The van der Waals surface area contributed by atoms with Gasteiger partial charge in [-0.25, -0.2) is 9.78 Å². The second-order valence-corrected chi connectivity index (χ2v) is 7.47. The smallest absolute Gasteiger partial charge is 0.325 e. The van der Waals surface area contributed by atoms with Crippen LogP contribution in [0.3, 0.4) is 0 Å². The molecule has 0 aliphatic rings. The Balaban J connectivity index is 1.47. The Morgan fingerprint density at radius 2 is 1.66 bits per heavy atom. The van der Waals surface area contributed by atoms with E-state index >= 15 is 0 Å². The van der Waals surface area contributed by atoms with Gasteiger partial charge in [-0.3, -0.25) is 10.1 Å². The predicted molar refractivity (Wildman–Crippen MR) is 119 cm³/mol. The molecule has 6 nitrogen and oxygen atoms in total. The number of carbonyl (C=O) groups excluding carboxylic acids is 2. The number of hydrogen-bond acceptors (Lipinski definition) is 4. The van der Waals surface area contributed by atoms with Gasteiger partial charge in [0, 0.05) is 16.8 Å². The van der Waals surface area contributed by atoms with E-state index in [1.165, 1.54) is 16.9 Å². The van der Waals surface area contributed by atoms with E-state index in [1.807, 2.05) is 42.5 Å². The van der Waals surface area contributed by atoms with Crippen molar-refractivity contribution in [3.63, 3.8) is 0 Å². The molecule has 29 heavy (non-hydrogen) atoms. The molecule has 3 rings (SSSR count). The molecule has 1 heterocycles. The highest BCUT2D eigenvalue weighted by atomic mass is 32.1. The minimum atomic E-state index is -0.371. The average molecular weight is 409 g/mol. The lowest BCUT2D eigenvalue weighted by Crippen LogP contribution is -2.19. The van der Waals surface area contributed by atoms with Crippen molar-refractivity contribution < 1.29 is 9.59 Å². The van der Waals surface area contributed by atoms with Gasteiger partial charge >= 0.3 is 6.03 Å². The van der Waals surface area contributed by atoms with Crippen molar-refractivity contribution in [1.29, 1.82) is 0 Å². The van der Waals surface area contributed by atoms with Crippen molar-refractivity contribution in [3.8, 4) is 0 Å².